The van der Waals surface area contributed by atoms with Gasteiger partial charge in [-0.3, -0.25) is 9.48 Å². The van der Waals surface area contributed by atoms with E-state index >= 15 is 0 Å². The van der Waals surface area contributed by atoms with E-state index in [9.17, 15) is 4.79 Å². The Hall–Kier alpha value is -1.72. The first-order valence-electron chi connectivity index (χ1n) is 5.74. The third-order valence-corrected chi connectivity index (χ3v) is 2.64. The van der Waals surface area contributed by atoms with Crippen molar-refractivity contribution >= 4 is 17.4 Å². The molecule has 0 bridgehead atoms. The number of anilines is 2. The SMILES string of the molecule is CCCc1nn(C)c(N(C)CC(=O)NC)c1N. The van der Waals surface area contributed by atoms with E-state index < -0.39 is 0 Å². The molecule has 0 fully saturated rings. The molecule has 0 saturated heterocycles. The number of carbonyl (C=O) groups is 1. The minimum atomic E-state index is -0.0508. The van der Waals surface area contributed by atoms with Crippen LogP contribution in [0.25, 0.3) is 0 Å². The van der Waals surface area contributed by atoms with Gasteiger partial charge in [-0.2, -0.15) is 5.10 Å². The topological polar surface area (TPSA) is 76.2 Å². The van der Waals surface area contributed by atoms with Crippen LogP contribution in [0.15, 0.2) is 0 Å². The van der Waals surface area contributed by atoms with Gasteiger partial charge in [0, 0.05) is 21.1 Å². The van der Waals surface area contributed by atoms with Gasteiger partial charge in [0.1, 0.15) is 0 Å². The van der Waals surface area contributed by atoms with Gasteiger partial charge in [-0.25, -0.2) is 0 Å². The summed E-state index contributed by atoms with van der Waals surface area (Å²) in [6.07, 6.45) is 1.85. The molecule has 0 aliphatic rings. The summed E-state index contributed by atoms with van der Waals surface area (Å²) < 4.78 is 1.73. The van der Waals surface area contributed by atoms with Crippen LogP contribution in [-0.4, -0.2) is 36.3 Å². The predicted molar refractivity (Wildman–Crippen MR) is 69.0 cm³/mol. The Labute approximate surface area is 102 Å². The zero-order chi connectivity index (χ0) is 13.0. The summed E-state index contributed by atoms with van der Waals surface area (Å²) in [5.41, 5.74) is 7.62. The van der Waals surface area contributed by atoms with Crippen molar-refractivity contribution in [1.82, 2.24) is 15.1 Å². The minimum absolute atomic E-state index is 0.0508. The fourth-order valence-electron chi connectivity index (χ4n) is 1.83. The first-order valence-corrected chi connectivity index (χ1v) is 5.74. The smallest absolute Gasteiger partial charge is 0.239 e. The summed E-state index contributed by atoms with van der Waals surface area (Å²) in [5, 5.41) is 6.96. The lowest BCUT2D eigenvalue weighted by Crippen LogP contribution is -2.34. The molecule has 3 N–H and O–H groups in total. The molecule has 1 heterocycles. The molecule has 1 rings (SSSR count). The Kier molecular flexibility index (Phi) is 4.37. The maximum absolute atomic E-state index is 11.3. The average molecular weight is 239 g/mol. The number of aryl methyl sites for hydroxylation is 2. The number of likely N-dealkylation sites (N-methyl/N-ethyl adjacent to an activating group) is 2. The first kappa shape index (κ1) is 13.3. The Balaban J connectivity index is 2.93. The van der Waals surface area contributed by atoms with E-state index in [1.807, 2.05) is 14.1 Å². The van der Waals surface area contributed by atoms with E-state index in [0.29, 0.717) is 5.69 Å². The molecule has 17 heavy (non-hydrogen) atoms. The lowest BCUT2D eigenvalue weighted by atomic mass is 10.2. The van der Waals surface area contributed by atoms with Crippen LogP contribution < -0.4 is 16.0 Å². The number of nitrogens with zero attached hydrogens (tertiary/aromatic N) is 3. The van der Waals surface area contributed by atoms with Gasteiger partial charge in [-0.15, -0.1) is 0 Å². The second kappa shape index (κ2) is 5.56. The predicted octanol–water partition coefficient (Wildman–Crippen LogP) is 0.137. The van der Waals surface area contributed by atoms with Gasteiger partial charge >= 0.3 is 0 Å². The number of aromatic nitrogens is 2. The van der Waals surface area contributed by atoms with Gasteiger partial charge < -0.3 is 16.0 Å². The van der Waals surface area contributed by atoms with Crippen molar-refractivity contribution in [3.63, 3.8) is 0 Å². The number of hydrogen-bond donors (Lipinski definition) is 2. The average Bonchev–Trinajstić information content (AvgIpc) is 2.54. The molecule has 0 spiro atoms. The monoisotopic (exact) mass is 239 g/mol. The Morgan fingerprint density at radius 3 is 2.76 bits per heavy atom. The molecule has 0 aromatic carbocycles. The largest absolute Gasteiger partial charge is 0.394 e. The van der Waals surface area contributed by atoms with Crippen molar-refractivity contribution < 1.29 is 4.79 Å². The summed E-state index contributed by atoms with van der Waals surface area (Å²) in [6, 6.07) is 0. The molecule has 0 radical (unpaired) electrons. The van der Waals surface area contributed by atoms with Crippen molar-refractivity contribution in [2.45, 2.75) is 19.8 Å². The number of rotatable bonds is 5. The molecule has 1 aromatic rings. The highest BCUT2D eigenvalue weighted by Crippen LogP contribution is 2.25. The molecule has 1 amide bonds. The number of nitrogens with one attached hydrogen (secondary N) is 1. The van der Waals surface area contributed by atoms with E-state index in [2.05, 4.69) is 17.3 Å². The second-order valence-corrected chi connectivity index (χ2v) is 4.09. The van der Waals surface area contributed by atoms with Crippen LogP contribution >= 0.6 is 0 Å². The zero-order valence-corrected chi connectivity index (χ0v) is 10.9. The highest BCUT2D eigenvalue weighted by molar-refractivity contribution is 5.82. The third-order valence-electron chi connectivity index (χ3n) is 2.64. The van der Waals surface area contributed by atoms with Gasteiger partial charge in [0.25, 0.3) is 0 Å². The molecular weight excluding hydrogens is 218 g/mol. The van der Waals surface area contributed by atoms with E-state index in [-0.39, 0.29) is 12.5 Å². The van der Waals surface area contributed by atoms with Gasteiger partial charge in [0.2, 0.25) is 5.91 Å². The fourth-order valence-corrected chi connectivity index (χ4v) is 1.83. The Bertz CT molecular complexity index is 399. The van der Waals surface area contributed by atoms with Crippen molar-refractivity contribution in [3.8, 4) is 0 Å². The highest BCUT2D eigenvalue weighted by atomic mass is 16.1. The van der Waals surface area contributed by atoms with E-state index in [1.165, 1.54) is 0 Å². The Morgan fingerprint density at radius 1 is 1.59 bits per heavy atom. The molecule has 0 saturated carbocycles. The molecule has 96 valence electrons. The van der Waals surface area contributed by atoms with Gasteiger partial charge in [-0.05, 0) is 6.42 Å². The van der Waals surface area contributed by atoms with E-state index in [4.69, 9.17) is 5.73 Å². The summed E-state index contributed by atoms with van der Waals surface area (Å²) in [6.45, 7) is 2.35. The van der Waals surface area contributed by atoms with Crippen molar-refractivity contribution in [2.75, 3.05) is 31.3 Å². The molecule has 0 unspecified atom stereocenters. The maximum atomic E-state index is 11.3. The normalized spacial score (nSPS) is 10.4. The lowest BCUT2D eigenvalue weighted by molar-refractivity contribution is -0.119. The fraction of sp³-hybridized carbons (Fsp3) is 0.636. The van der Waals surface area contributed by atoms with Gasteiger partial charge in [0.05, 0.1) is 17.9 Å². The summed E-state index contributed by atoms with van der Waals surface area (Å²) in [5.74, 6) is 0.738. The lowest BCUT2D eigenvalue weighted by Gasteiger charge is -2.18. The highest BCUT2D eigenvalue weighted by Gasteiger charge is 2.17. The van der Waals surface area contributed by atoms with E-state index in [1.54, 1.807) is 16.6 Å². The second-order valence-electron chi connectivity index (χ2n) is 4.09. The number of nitrogens with two attached hydrogens (primary N) is 1. The third kappa shape index (κ3) is 2.89. The quantitative estimate of drug-likeness (QED) is 0.766. The van der Waals surface area contributed by atoms with E-state index in [0.717, 1.165) is 24.4 Å². The number of nitrogen functional groups attached to an aromatic ring is 1. The van der Waals surface area contributed by atoms with Crippen molar-refractivity contribution in [3.05, 3.63) is 5.69 Å². The maximum Gasteiger partial charge on any atom is 0.239 e. The van der Waals surface area contributed by atoms with Crippen molar-refractivity contribution in [2.24, 2.45) is 7.05 Å². The summed E-state index contributed by atoms with van der Waals surface area (Å²) in [7, 11) is 5.29. The van der Waals surface area contributed by atoms with Crippen LogP contribution in [0.1, 0.15) is 19.0 Å². The number of carbonyl (C=O) groups excluding carboxylic acids is 1. The molecule has 0 aliphatic carbocycles. The molecular formula is C11H21N5O. The van der Waals surface area contributed by atoms with Crippen LogP contribution in [0, 0.1) is 0 Å². The first-order chi connectivity index (χ1) is 8.01. The number of hydrogen-bond acceptors (Lipinski definition) is 4. The van der Waals surface area contributed by atoms with Crippen LogP contribution in [0.2, 0.25) is 0 Å². The summed E-state index contributed by atoms with van der Waals surface area (Å²) >= 11 is 0. The number of amides is 1. The molecule has 1 aromatic heterocycles. The van der Waals surface area contributed by atoms with Crippen LogP contribution in [0.3, 0.4) is 0 Å². The molecule has 0 aliphatic heterocycles. The standard InChI is InChI=1S/C11H21N5O/c1-5-6-8-10(12)11(16(4)14-8)15(3)7-9(17)13-2/h5-7,12H2,1-4H3,(H,13,17). The molecule has 0 atom stereocenters. The van der Waals surface area contributed by atoms with Gasteiger partial charge in [0.15, 0.2) is 5.82 Å². The van der Waals surface area contributed by atoms with Gasteiger partial charge in [-0.1, -0.05) is 13.3 Å². The van der Waals surface area contributed by atoms with Crippen LogP contribution in [0.4, 0.5) is 11.5 Å². The zero-order valence-electron chi connectivity index (χ0n) is 10.9. The molecule has 6 nitrogen and oxygen atoms in total. The Morgan fingerprint density at radius 2 is 2.24 bits per heavy atom. The van der Waals surface area contributed by atoms with Crippen LogP contribution in [0.5, 0.6) is 0 Å². The summed E-state index contributed by atoms with van der Waals surface area (Å²) in [4.78, 5) is 13.1. The van der Waals surface area contributed by atoms with Crippen LogP contribution in [-0.2, 0) is 18.3 Å². The minimum Gasteiger partial charge on any atom is -0.394 e. The molecule has 6 heteroatoms. The van der Waals surface area contributed by atoms with Crippen molar-refractivity contribution in [1.29, 1.82) is 0 Å².